The second-order valence-corrected chi connectivity index (χ2v) is 6.33. The first-order chi connectivity index (χ1) is 9.47. The minimum absolute atomic E-state index is 0.252. The fraction of sp³-hybridized carbons (Fsp3) is 0. The van der Waals surface area contributed by atoms with Crippen LogP contribution < -0.4 is 5.73 Å². The van der Waals surface area contributed by atoms with Crippen LogP contribution in [-0.2, 0) is 0 Å². The van der Waals surface area contributed by atoms with Gasteiger partial charge in [0.15, 0.2) is 0 Å². The average Bonchev–Trinajstić information content (AvgIpc) is 2.66. The quantitative estimate of drug-likeness (QED) is 0.608. The highest BCUT2D eigenvalue weighted by Crippen LogP contribution is 2.32. The van der Waals surface area contributed by atoms with Crippen molar-refractivity contribution >= 4 is 60.4 Å². The largest absolute Gasteiger partial charge is 0.369 e. The Labute approximate surface area is 135 Å². The van der Waals surface area contributed by atoms with Gasteiger partial charge in [0.2, 0.25) is 5.95 Å². The monoisotopic (exact) mass is 417 g/mol. The third kappa shape index (κ3) is 2.21. The van der Waals surface area contributed by atoms with Crippen molar-refractivity contribution in [2.45, 2.75) is 0 Å². The molecule has 0 spiro atoms. The van der Waals surface area contributed by atoms with Crippen molar-refractivity contribution in [3.8, 4) is 5.69 Å². The van der Waals surface area contributed by atoms with Gasteiger partial charge in [0.05, 0.1) is 26.2 Å². The van der Waals surface area contributed by atoms with Gasteiger partial charge in [-0.25, -0.2) is 9.37 Å². The normalized spacial score (nSPS) is 11.2. The Kier molecular flexibility index (Phi) is 3.48. The van der Waals surface area contributed by atoms with Gasteiger partial charge in [0.1, 0.15) is 5.82 Å². The third-order valence-electron chi connectivity index (χ3n) is 2.87. The highest BCUT2D eigenvalue weighted by Gasteiger charge is 2.15. The molecule has 3 nitrogen and oxygen atoms in total. The molecule has 0 aliphatic carbocycles. The highest BCUT2D eigenvalue weighted by atomic mass is 79.9. The van der Waals surface area contributed by atoms with E-state index >= 15 is 0 Å². The number of nitrogens with zero attached hydrogens (tertiary/aromatic N) is 2. The standard InChI is InChI=1S/C13H7Br2ClFN3/c14-6-1-2-11(8(16)3-6)20-12-5-9(17)7(15)4-10(12)19-13(20)18/h1-5H,(H2,18,19). The SMILES string of the molecule is Nc1nc2cc(Br)c(F)cc2n1-c1ccc(Br)cc1Cl. The molecule has 0 aliphatic rings. The zero-order chi connectivity index (χ0) is 14.4. The van der Waals surface area contributed by atoms with Gasteiger partial charge in [-0.3, -0.25) is 4.57 Å². The zero-order valence-corrected chi connectivity index (χ0v) is 13.8. The van der Waals surface area contributed by atoms with Crippen LogP contribution in [0.3, 0.4) is 0 Å². The highest BCUT2D eigenvalue weighted by molar-refractivity contribution is 9.10. The summed E-state index contributed by atoms with van der Waals surface area (Å²) in [7, 11) is 0. The molecule has 1 aromatic heterocycles. The fourth-order valence-corrected chi connectivity index (χ4v) is 3.10. The number of hydrogen-bond donors (Lipinski definition) is 1. The molecule has 0 radical (unpaired) electrons. The van der Waals surface area contributed by atoms with E-state index in [2.05, 4.69) is 36.8 Å². The molecule has 2 aromatic carbocycles. The third-order valence-corrected chi connectivity index (χ3v) is 4.28. The van der Waals surface area contributed by atoms with Gasteiger partial charge in [0.25, 0.3) is 0 Å². The van der Waals surface area contributed by atoms with Crippen molar-refractivity contribution in [2.24, 2.45) is 0 Å². The van der Waals surface area contributed by atoms with E-state index in [1.54, 1.807) is 22.8 Å². The van der Waals surface area contributed by atoms with Gasteiger partial charge in [-0.1, -0.05) is 27.5 Å². The number of hydrogen-bond acceptors (Lipinski definition) is 2. The van der Waals surface area contributed by atoms with E-state index < -0.39 is 0 Å². The average molecular weight is 419 g/mol. The van der Waals surface area contributed by atoms with E-state index in [4.69, 9.17) is 17.3 Å². The summed E-state index contributed by atoms with van der Waals surface area (Å²) in [5, 5.41) is 0.494. The predicted molar refractivity (Wildman–Crippen MR) is 85.9 cm³/mol. The number of anilines is 1. The first-order valence-electron chi connectivity index (χ1n) is 5.56. The lowest BCUT2D eigenvalue weighted by Crippen LogP contribution is -2.01. The molecule has 0 amide bonds. The number of aromatic nitrogens is 2. The van der Waals surface area contributed by atoms with Crippen molar-refractivity contribution in [3.63, 3.8) is 0 Å². The summed E-state index contributed by atoms with van der Waals surface area (Å²) in [4.78, 5) is 4.23. The van der Waals surface area contributed by atoms with Gasteiger partial charge >= 0.3 is 0 Å². The molecule has 7 heteroatoms. The van der Waals surface area contributed by atoms with E-state index in [1.807, 2.05) is 6.07 Å². The molecule has 0 saturated heterocycles. The van der Waals surface area contributed by atoms with Crippen molar-refractivity contribution < 1.29 is 4.39 Å². The first kappa shape index (κ1) is 13.9. The summed E-state index contributed by atoms with van der Waals surface area (Å²) in [6.07, 6.45) is 0. The van der Waals surface area contributed by atoms with Gasteiger partial charge in [-0.2, -0.15) is 0 Å². The number of rotatable bonds is 1. The molecule has 102 valence electrons. The minimum Gasteiger partial charge on any atom is -0.369 e. The van der Waals surface area contributed by atoms with Crippen LogP contribution in [0.1, 0.15) is 0 Å². The topological polar surface area (TPSA) is 43.8 Å². The molecule has 0 saturated carbocycles. The number of nitrogen functional groups attached to an aromatic ring is 1. The number of imidazole rings is 1. The summed E-state index contributed by atoms with van der Waals surface area (Å²) >= 11 is 12.7. The number of benzene rings is 2. The van der Waals surface area contributed by atoms with Crippen molar-refractivity contribution in [3.05, 3.63) is 50.1 Å². The molecule has 0 unspecified atom stereocenters. The maximum Gasteiger partial charge on any atom is 0.205 e. The number of halogens is 4. The van der Waals surface area contributed by atoms with Crippen molar-refractivity contribution in [1.82, 2.24) is 9.55 Å². The molecular formula is C13H7Br2ClFN3. The Morgan fingerprint density at radius 1 is 1.20 bits per heavy atom. The first-order valence-corrected chi connectivity index (χ1v) is 7.52. The van der Waals surface area contributed by atoms with Crippen LogP contribution in [0.25, 0.3) is 16.7 Å². The molecule has 2 N–H and O–H groups in total. The van der Waals surface area contributed by atoms with Crippen molar-refractivity contribution in [2.75, 3.05) is 5.73 Å². The van der Waals surface area contributed by atoms with E-state index in [9.17, 15) is 4.39 Å². The van der Waals surface area contributed by atoms with E-state index in [-0.39, 0.29) is 11.8 Å². The number of fused-ring (bicyclic) bond motifs is 1. The van der Waals surface area contributed by atoms with Gasteiger partial charge in [-0.05, 0) is 40.2 Å². The van der Waals surface area contributed by atoms with Crippen LogP contribution in [0.5, 0.6) is 0 Å². The Morgan fingerprint density at radius 2 is 1.95 bits per heavy atom. The second kappa shape index (κ2) is 5.02. The molecule has 0 fully saturated rings. The Balaban J connectivity index is 2.35. The second-order valence-electron chi connectivity index (χ2n) is 4.16. The van der Waals surface area contributed by atoms with Crippen LogP contribution in [0.15, 0.2) is 39.3 Å². The van der Waals surface area contributed by atoms with E-state index in [0.717, 1.165) is 4.47 Å². The fourth-order valence-electron chi connectivity index (χ4n) is 2.01. The van der Waals surface area contributed by atoms with Crippen LogP contribution in [0.2, 0.25) is 5.02 Å². The summed E-state index contributed by atoms with van der Waals surface area (Å²) in [5.41, 5.74) is 7.74. The Bertz CT molecular complexity index is 832. The maximum atomic E-state index is 13.7. The lowest BCUT2D eigenvalue weighted by atomic mass is 10.2. The van der Waals surface area contributed by atoms with Crippen LogP contribution in [0, 0.1) is 5.82 Å². The van der Waals surface area contributed by atoms with Gasteiger partial charge in [-0.15, -0.1) is 0 Å². The predicted octanol–water partition coefficient (Wildman–Crippen LogP) is 4.93. The van der Waals surface area contributed by atoms with Crippen LogP contribution in [0.4, 0.5) is 10.3 Å². The molecule has 1 heterocycles. The lowest BCUT2D eigenvalue weighted by Gasteiger charge is -2.09. The summed E-state index contributed by atoms with van der Waals surface area (Å²) in [6.45, 7) is 0. The van der Waals surface area contributed by atoms with Gasteiger partial charge < -0.3 is 5.73 Å². The molecule has 3 aromatic rings. The van der Waals surface area contributed by atoms with E-state index in [0.29, 0.717) is 26.2 Å². The number of nitrogens with two attached hydrogens (primary N) is 1. The van der Waals surface area contributed by atoms with Crippen LogP contribution >= 0.6 is 43.5 Å². The molecule has 0 atom stereocenters. The van der Waals surface area contributed by atoms with E-state index in [1.165, 1.54) is 6.07 Å². The summed E-state index contributed by atoms with van der Waals surface area (Å²) in [5.74, 6) is -0.131. The summed E-state index contributed by atoms with van der Waals surface area (Å²) < 4.78 is 16.6. The van der Waals surface area contributed by atoms with Gasteiger partial charge in [0, 0.05) is 10.5 Å². The molecule has 0 bridgehead atoms. The smallest absolute Gasteiger partial charge is 0.205 e. The van der Waals surface area contributed by atoms with Crippen molar-refractivity contribution in [1.29, 1.82) is 0 Å². The maximum absolute atomic E-state index is 13.7. The zero-order valence-electron chi connectivity index (χ0n) is 9.87. The lowest BCUT2D eigenvalue weighted by molar-refractivity contribution is 0.622. The minimum atomic E-state index is -0.383. The molecular weight excluding hydrogens is 412 g/mol. The Morgan fingerprint density at radius 3 is 2.65 bits per heavy atom. The summed E-state index contributed by atoms with van der Waals surface area (Å²) in [6, 6.07) is 8.34. The molecule has 20 heavy (non-hydrogen) atoms. The molecule has 3 rings (SSSR count). The van der Waals surface area contributed by atoms with Crippen LogP contribution in [-0.4, -0.2) is 9.55 Å². The molecule has 0 aliphatic heterocycles. The Hall–Kier alpha value is -1.11.